The van der Waals surface area contributed by atoms with Gasteiger partial charge < -0.3 is 15.3 Å². The van der Waals surface area contributed by atoms with E-state index in [2.05, 4.69) is 5.32 Å². The molecule has 2 amide bonds. The topological polar surface area (TPSA) is 130 Å². The predicted octanol–water partition coefficient (Wildman–Crippen LogP) is 0.111. The van der Waals surface area contributed by atoms with Crippen molar-refractivity contribution < 1.29 is 24.4 Å². The number of likely N-dealkylation sites (N-methyl/N-ethyl adjacent to an activating group) is 2. The number of carboxylic acid groups (broad SMARTS) is 1. The van der Waals surface area contributed by atoms with E-state index in [0.717, 1.165) is 23.1 Å². The molecule has 9 heteroatoms. The van der Waals surface area contributed by atoms with Gasteiger partial charge in [0, 0.05) is 31.8 Å². The van der Waals surface area contributed by atoms with Gasteiger partial charge in [-0.05, 0) is 6.07 Å². The molecule has 0 unspecified atom stereocenters. The Hall–Kier alpha value is -2.97. The van der Waals surface area contributed by atoms with E-state index < -0.39 is 28.4 Å². The van der Waals surface area contributed by atoms with E-state index in [4.69, 9.17) is 5.11 Å². The van der Waals surface area contributed by atoms with E-state index in [1.165, 1.54) is 14.1 Å². The first kappa shape index (κ1) is 16.1. The molecule has 0 fully saturated rings. The molecule has 0 aliphatic rings. The third-order valence-corrected chi connectivity index (χ3v) is 2.63. The van der Waals surface area contributed by atoms with Gasteiger partial charge in [0.15, 0.2) is 0 Å². The Balaban J connectivity index is 3.16. The highest BCUT2D eigenvalue weighted by Crippen LogP contribution is 2.18. The van der Waals surface area contributed by atoms with Gasteiger partial charge in [0.05, 0.1) is 17.0 Å². The molecule has 1 aromatic carbocycles. The number of carboxylic acids is 1. The molecule has 0 radical (unpaired) electrons. The molecule has 21 heavy (non-hydrogen) atoms. The number of hydrogen-bond acceptors (Lipinski definition) is 5. The lowest BCUT2D eigenvalue weighted by atomic mass is 10.1. The zero-order valence-electron chi connectivity index (χ0n) is 11.3. The standard InChI is InChI=1S/C12H13N3O6/c1-13-10(16)6-14(2)11(17)7-3-8(12(18)19)5-9(4-7)15(20)21/h3-5H,6H2,1-2H3,(H,13,16)(H,18,19). The molecule has 2 N–H and O–H groups in total. The minimum atomic E-state index is -1.39. The number of nitrogens with one attached hydrogen (secondary N) is 1. The van der Waals surface area contributed by atoms with E-state index in [1.54, 1.807) is 0 Å². The maximum Gasteiger partial charge on any atom is 0.335 e. The summed E-state index contributed by atoms with van der Waals surface area (Å²) in [4.78, 5) is 45.2. The zero-order chi connectivity index (χ0) is 16.2. The van der Waals surface area contributed by atoms with Crippen LogP contribution in [0.5, 0.6) is 0 Å². The number of carbonyl (C=O) groups is 3. The summed E-state index contributed by atoms with van der Waals surface area (Å²) in [5, 5.41) is 22.0. The Morgan fingerprint density at radius 1 is 1.29 bits per heavy atom. The van der Waals surface area contributed by atoms with Crippen LogP contribution in [-0.2, 0) is 4.79 Å². The smallest absolute Gasteiger partial charge is 0.335 e. The Morgan fingerprint density at radius 2 is 1.86 bits per heavy atom. The molecule has 0 aliphatic heterocycles. The lowest BCUT2D eigenvalue weighted by Crippen LogP contribution is -2.37. The Bertz CT molecular complexity index is 581. The lowest BCUT2D eigenvalue weighted by Gasteiger charge is -2.16. The predicted molar refractivity (Wildman–Crippen MR) is 71.1 cm³/mol. The summed E-state index contributed by atoms with van der Waals surface area (Å²) in [6.07, 6.45) is 0. The minimum Gasteiger partial charge on any atom is -0.478 e. The second kappa shape index (κ2) is 6.46. The van der Waals surface area contributed by atoms with Crippen molar-refractivity contribution in [2.75, 3.05) is 20.6 Å². The number of nitrogens with zero attached hydrogens (tertiary/aromatic N) is 2. The highest BCUT2D eigenvalue weighted by Gasteiger charge is 2.20. The van der Waals surface area contributed by atoms with Crippen molar-refractivity contribution in [3.63, 3.8) is 0 Å². The monoisotopic (exact) mass is 295 g/mol. The van der Waals surface area contributed by atoms with Crippen LogP contribution in [0.15, 0.2) is 18.2 Å². The summed E-state index contributed by atoms with van der Waals surface area (Å²) in [6.45, 7) is -0.250. The number of carbonyl (C=O) groups excluding carboxylic acids is 2. The molecule has 0 spiro atoms. The van der Waals surface area contributed by atoms with Crippen molar-refractivity contribution >= 4 is 23.5 Å². The van der Waals surface area contributed by atoms with Gasteiger partial charge in [-0.2, -0.15) is 0 Å². The Morgan fingerprint density at radius 3 is 2.33 bits per heavy atom. The number of amides is 2. The third kappa shape index (κ3) is 4.00. The van der Waals surface area contributed by atoms with Crippen molar-refractivity contribution in [1.29, 1.82) is 0 Å². The first-order valence-electron chi connectivity index (χ1n) is 5.75. The van der Waals surface area contributed by atoms with Gasteiger partial charge in [-0.25, -0.2) is 4.79 Å². The van der Waals surface area contributed by atoms with Crippen LogP contribution in [0.25, 0.3) is 0 Å². The Kier molecular flexibility index (Phi) is 4.95. The molecule has 1 rings (SSSR count). The minimum absolute atomic E-state index is 0.173. The molecular formula is C12H13N3O6. The number of nitro groups is 1. The van der Waals surface area contributed by atoms with Crippen molar-refractivity contribution in [2.45, 2.75) is 0 Å². The highest BCUT2D eigenvalue weighted by atomic mass is 16.6. The van der Waals surface area contributed by atoms with Crippen molar-refractivity contribution in [3.05, 3.63) is 39.4 Å². The molecule has 0 aliphatic carbocycles. The number of nitro benzene ring substituents is 1. The molecule has 0 aromatic heterocycles. The summed E-state index contributed by atoms with van der Waals surface area (Å²) in [5.74, 6) is -2.50. The number of aromatic carboxylic acids is 1. The second-order valence-corrected chi connectivity index (χ2v) is 4.17. The normalized spacial score (nSPS) is 9.81. The molecule has 0 bridgehead atoms. The van der Waals surface area contributed by atoms with Crippen LogP contribution in [0.4, 0.5) is 5.69 Å². The molecule has 0 saturated heterocycles. The number of hydrogen-bond donors (Lipinski definition) is 2. The average molecular weight is 295 g/mol. The third-order valence-electron chi connectivity index (χ3n) is 2.63. The molecule has 0 saturated carbocycles. The summed E-state index contributed by atoms with van der Waals surface area (Å²) in [5.41, 5.74) is -1.06. The zero-order valence-corrected chi connectivity index (χ0v) is 11.3. The summed E-state index contributed by atoms with van der Waals surface area (Å²) in [6, 6.07) is 2.85. The summed E-state index contributed by atoms with van der Waals surface area (Å²) in [7, 11) is 2.73. The van der Waals surface area contributed by atoms with E-state index in [-0.39, 0.29) is 17.7 Å². The van der Waals surface area contributed by atoms with Crippen LogP contribution >= 0.6 is 0 Å². The number of non-ortho nitro benzene ring substituents is 1. The molecule has 0 atom stereocenters. The van der Waals surface area contributed by atoms with E-state index in [9.17, 15) is 24.5 Å². The molecule has 0 heterocycles. The van der Waals surface area contributed by atoms with Gasteiger partial charge in [0.25, 0.3) is 11.6 Å². The highest BCUT2D eigenvalue weighted by molar-refractivity contribution is 5.99. The van der Waals surface area contributed by atoms with Crippen LogP contribution in [-0.4, -0.2) is 53.4 Å². The quantitative estimate of drug-likeness (QED) is 0.585. The van der Waals surface area contributed by atoms with E-state index in [1.807, 2.05) is 0 Å². The summed E-state index contributed by atoms with van der Waals surface area (Å²) < 4.78 is 0. The van der Waals surface area contributed by atoms with Gasteiger partial charge in [0.2, 0.25) is 5.91 Å². The van der Waals surface area contributed by atoms with Crippen LogP contribution in [0.2, 0.25) is 0 Å². The van der Waals surface area contributed by atoms with Crippen LogP contribution < -0.4 is 5.32 Å². The van der Waals surface area contributed by atoms with Gasteiger partial charge in [-0.1, -0.05) is 0 Å². The van der Waals surface area contributed by atoms with Gasteiger partial charge in [0.1, 0.15) is 0 Å². The molecule has 112 valence electrons. The van der Waals surface area contributed by atoms with Crippen molar-refractivity contribution in [2.24, 2.45) is 0 Å². The van der Waals surface area contributed by atoms with Gasteiger partial charge >= 0.3 is 5.97 Å². The maximum atomic E-state index is 12.1. The van der Waals surface area contributed by atoms with Crippen LogP contribution in [0.3, 0.4) is 0 Å². The van der Waals surface area contributed by atoms with E-state index in [0.29, 0.717) is 0 Å². The fourth-order valence-corrected chi connectivity index (χ4v) is 1.55. The van der Waals surface area contributed by atoms with Crippen LogP contribution in [0, 0.1) is 10.1 Å². The molecule has 9 nitrogen and oxygen atoms in total. The molecular weight excluding hydrogens is 282 g/mol. The average Bonchev–Trinajstić information content (AvgIpc) is 2.45. The second-order valence-electron chi connectivity index (χ2n) is 4.17. The Labute approximate surface area is 119 Å². The van der Waals surface area contributed by atoms with Crippen molar-refractivity contribution in [1.82, 2.24) is 10.2 Å². The van der Waals surface area contributed by atoms with Crippen LogP contribution in [0.1, 0.15) is 20.7 Å². The number of benzene rings is 1. The van der Waals surface area contributed by atoms with E-state index >= 15 is 0 Å². The summed E-state index contributed by atoms with van der Waals surface area (Å²) >= 11 is 0. The SMILES string of the molecule is CNC(=O)CN(C)C(=O)c1cc(C(=O)O)cc([N+](=O)[O-])c1. The van der Waals surface area contributed by atoms with Gasteiger partial charge in [-0.15, -0.1) is 0 Å². The van der Waals surface area contributed by atoms with Crippen molar-refractivity contribution in [3.8, 4) is 0 Å². The molecule has 1 aromatic rings. The largest absolute Gasteiger partial charge is 0.478 e. The number of rotatable bonds is 5. The maximum absolute atomic E-state index is 12.1. The first-order valence-corrected chi connectivity index (χ1v) is 5.75. The fourth-order valence-electron chi connectivity index (χ4n) is 1.55. The van der Waals surface area contributed by atoms with Gasteiger partial charge in [-0.3, -0.25) is 19.7 Å². The first-order chi connectivity index (χ1) is 9.76. The fraction of sp³-hybridized carbons (Fsp3) is 0.250. The lowest BCUT2D eigenvalue weighted by molar-refractivity contribution is -0.384.